The molecule has 4 unspecified atom stereocenters. The molecule has 0 amide bonds. The lowest BCUT2D eigenvalue weighted by molar-refractivity contribution is 0.120. The number of likely N-dealkylation sites (tertiary alicyclic amines) is 1. The average Bonchev–Trinajstić information content (AvgIpc) is 2.48. The van der Waals surface area contributed by atoms with Crippen molar-refractivity contribution in [2.75, 3.05) is 13.1 Å². The maximum absolute atomic E-state index is 6.03. The highest BCUT2D eigenvalue weighted by atomic mass is 15.2. The molecule has 0 bridgehead atoms. The van der Waals surface area contributed by atoms with Gasteiger partial charge in [-0.3, -0.25) is 4.90 Å². The van der Waals surface area contributed by atoms with Gasteiger partial charge in [0.2, 0.25) is 0 Å². The van der Waals surface area contributed by atoms with Gasteiger partial charge in [-0.05, 0) is 44.1 Å². The molecule has 82 valence electrons. The molecular formula is C12H24N2. The molecule has 1 saturated heterocycles. The quantitative estimate of drug-likeness (QED) is 0.693. The van der Waals surface area contributed by atoms with Crippen LogP contribution in [-0.2, 0) is 0 Å². The zero-order chi connectivity index (χ0) is 10.1. The van der Waals surface area contributed by atoms with Gasteiger partial charge in [0.05, 0.1) is 0 Å². The van der Waals surface area contributed by atoms with Gasteiger partial charge in [-0.2, -0.15) is 0 Å². The summed E-state index contributed by atoms with van der Waals surface area (Å²) >= 11 is 0. The van der Waals surface area contributed by atoms with Crippen LogP contribution in [-0.4, -0.2) is 30.1 Å². The third-order valence-corrected chi connectivity index (χ3v) is 4.38. The van der Waals surface area contributed by atoms with Crippen LogP contribution in [0, 0.1) is 11.8 Å². The number of rotatable bonds is 1. The van der Waals surface area contributed by atoms with Crippen LogP contribution in [0.25, 0.3) is 0 Å². The van der Waals surface area contributed by atoms with Gasteiger partial charge in [0.25, 0.3) is 0 Å². The fourth-order valence-electron chi connectivity index (χ4n) is 3.20. The van der Waals surface area contributed by atoms with E-state index < -0.39 is 0 Å². The second kappa shape index (κ2) is 4.19. The van der Waals surface area contributed by atoms with Gasteiger partial charge in [-0.1, -0.05) is 13.8 Å². The van der Waals surface area contributed by atoms with E-state index in [1.54, 1.807) is 0 Å². The lowest BCUT2D eigenvalue weighted by Crippen LogP contribution is -2.48. The molecule has 0 spiro atoms. The third kappa shape index (κ3) is 1.96. The molecule has 2 rings (SSSR count). The van der Waals surface area contributed by atoms with Gasteiger partial charge in [-0.15, -0.1) is 0 Å². The second-order valence-electron chi connectivity index (χ2n) is 5.38. The Morgan fingerprint density at radius 2 is 1.93 bits per heavy atom. The molecule has 2 N–H and O–H groups in total. The fraction of sp³-hybridized carbons (Fsp3) is 1.00. The Morgan fingerprint density at radius 1 is 1.14 bits per heavy atom. The van der Waals surface area contributed by atoms with E-state index in [4.69, 9.17) is 5.73 Å². The lowest BCUT2D eigenvalue weighted by atomic mass is 9.95. The lowest BCUT2D eigenvalue weighted by Gasteiger charge is -2.37. The van der Waals surface area contributed by atoms with Crippen LogP contribution in [0.4, 0.5) is 0 Å². The molecule has 0 aromatic heterocycles. The average molecular weight is 196 g/mol. The highest BCUT2D eigenvalue weighted by Gasteiger charge is 2.35. The van der Waals surface area contributed by atoms with Gasteiger partial charge in [-0.25, -0.2) is 0 Å². The second-order valence-corrected chi connectivity index (χ2v) is 5.38. The zero-order valence-electron chi connectivity index (χ0n) is 9.58. The fourth-order valence-corrected chi connectivity index (χ4v) is 3.20. The van der Waals surface area contributed by atoms with E-state index in [1.807, 2.05) is 0 Å². The van der Waals surface area contributed by atoms with Crippen LogP contribution >= 0.6 is 0 Å². The Balaban J connectivity index is 1.94. The van der Waals surface area contributed by atoms with E-state index in [0.29, 0.717) is 6.04 Å². The number of piperidine rings is 1. The zero-order valence-corrected chi connectivity index (χ0v) is 9.58. The maximum Gasteiger partial charge on any atom is 0.0168 e. The van der Waals surface area contributed by atoms with Crippen LogP contribution in [0.3, 0.4) is 0 Å². The third-order valence-electron chi connectivity index (χ3n) is 4.38. The number of nitrogens with two attached hydrogens (primary N) is 1. The molecule has 4 atom stereocenters. The molecule has 0 aromatic carbocycles. The first-order valence-electron chi connectivity index (χ1n) is 6.18. The minimum absolute atomic E-state index is 0.437. The highest BCUT2D eigenvalue weighted by molar-refractivity contribution is 4.89. The van der Waals surface area contributed by atoms with E-state index >= 15 is 0 Å². The number of hydrogen-bond acceptors (Lipinski definition) is 2. The Bertz CT molecular complexity index is 193. The van der Waals surface area contributed by atoms with E-state index in [2.05, 4.69) is 18.7 Å². The van der Waals surface area contributed by atoms with Crippen molar-refractivity contribution in [3.63, 3.8) is 0 Å². The van der Waals surface area contributed by atoms with Gasteiger partial charge in [0, 0.05) is 18.6 Å². The van der Waals surface area contributed by atoms with E-state index in [0.717, 1.165) is 24.4 Å². The highest BCUT2D eigenvalue weighted by Crippen LogP contribution is 2.35. The Hall–Kier alpha value is -0.0800. The molecule has 1 aliphatic heterocycles. The predicted octanol–water partition coefficient (Wildman–Crippen LogP) is 1.84. The van der Waals surface area contributed by atoms with E-state index in [9.17, 15) is 0 Å². The van der Waals surface area contributed by atoms with Crippen molar-refractivity contribution in [1.82, 2.24) is 4.90 Å². The predicted molar refractivity (Wildman–Crippen MR) is 60.1 cm³/mol. The van der Waals surface area contributed by atoms with Crippen molar-refractivity contribution >= 4 is 0 Å². The van der Waals surface area contributed by atoms with Crippen molar-refractivity contribution in [1.29, 1.82) is 0 Å². The van der Waals surface area contributed by atoms with Crippen molar-refractivity contribution in [3.8, 4) is 0 Å². The SMILES string of the molecule is CC1CCC(N2CCCC(N)C2)C1C. The molecule has 2 nitrogen and oxygen atoms in total. The van der Waals surface area contributed by atoms with Gasteiger partial charge in [0.15, 0.2) is 0 Å². The molecule has 0 aromatic rings. The van der Waals surface area contributed by atoms with Crippen molar-refractivity contribution in [2.24, 2.45) is 17.6 Å². The van der Waals surface area contributed by atoms with Gasteiger partial charge < -0.3 is 5.73 Å². The molecule has 1 heterocycles. The number of hydrogen-bond donors (Lipinski definition) is 1. The summed E-state index contributed by atoms with van der Waals surface area (Å²) in [7, 11) is 0. The van der Waals surface area contributed by atoms with Crippen LogP contribution in [0.1, 0.15) is 39.5 Å². The van der Waals surface area contributed by atoms with Crippen molar-refractivity contribution in [3.05, 3.63) is 0 Å². The van der Waals surface area contributed by atoms with Gasteiger partial charge >= 0.3 is 0 Å². The Kier molecular flexibility index (Phi) is 3.13. The molecule has 2 heteroatoms. The summed E-state index contributed by atoms with van der Waals surface area (Å²) in [6, 6.07) is 1.27. The van der Waals surface area contributed by atoms with Gasteiger partial charge in [0.1, 0.15) is 0 Å². The van der Waals surface area contributed by atoms with Crippen LogP contribution < -0.4 is 5.73 Å². The summed E-state index contributed by atoms with van der Waals surface area (Å²) in [5.74, 6) is 1.79. The van der Waals surface area contributed by atoms with Crippen molar-refractivity contribution < 1.29 is 0 Å². The summed E-state index contributed by atoms with van der Waals surface area (Å²) in [4.78, 5) is 2.66. The van der Waals surface area contributed by atoms with Crippen LogP contribution in [0.5, 0.6) is 0 Å². The topological polar surface area (TPSA) is 29.3 Å². The van der Waals surface area contributed by atoms with Crippen LogP contribution in [0.15, 0.2) is 0 Å². The molecule has 2 aliphatic rings. The summed E-state index contributed by atoms with van der Waals surface area (Å²) in [5.41, 5.74) is 6.03. The molecular weight excluding hydrogens is 172 g/mol. The molecule has 0 radical (unpaired) electrons. The first-order valence-corrected chi connectivity index (χ1v) is 6.18. The molecule has 14 heavy (non-hydrogen) atoms. The van der Waals surface area contributed by atoms with E-state index in [1.165, 1.54) is 32.2 Å². The first kappa shape index (κ1) is 10.4. The molecule has 1 saturated carbocycles. The first-order chi connectivity index (χ1) is 6.68. The monoisotopic (exact) mass is 196 g/mol. The largest absolute Gasteiger partial charge is 0.327 e. The summed E-state index contributed by atoms with van der Waals surface area (Å²) in [5, 5.41) is 0. The van der Waals surface area contributed by atoms with Crippen molar-refractivity contribution in [2.45, 2.75) is 51.6 Å². The summed E-state index contributed by atoms with van der Waals surface area (Å²) in [6.45, 7) is 7.24. The minimum Gasteiger partial charge on any atom is -0.327 e. The summed E-state index contributed by atoms with van der Waals surface area (Å²) in [6.07, 6.45) is 5.35. The normalized spacial score (nSPS) is 45.6. The Labute approximate surface area is 87.8 Å². The molecule has 2 fully saturated rings. The summed E-state index contributed by atoms with van der Waals surface area (Å²) < 4.78 is 0. The number of nitrogens with zero attached hydrogens (tertiary/aromatic N) is 1. The molecule has 1 aliphatic carbocycles. The Morgan fingerprint density at radius 3 is 2.50 bits per heavy atom. The minimum atomic E-state index is 0.437. The smallest absolute Gasteiger partial charge is 0.0168 e. The van der Waals surface area contributed by atoms with Crippen LogP contribution in [0.2, 0.25) is 0 Å². The standard InChI is InChI=1S/C12H24N2/c1-9-5-6-12(10(9)2)14-7-3-4-11(13)8-14/h9-12H,3-8,13H2,1-2H3. The van der Waals surface area contributed by atoms with E-state index in [-0.39, 0.29) is 0 Å². The maximum atomic E-state index is 6.03.